The number of rotatable bonds is 3. The molecule has 94 valence electrons. The van der Waals surface area contributed by atoms with Gasteiger partial charge in [0, 0.05) is 16.1 Å². The van der Waals surface area contributed by atoms with Crippen LogP contribution in [0.1, 0.15) is 22.8 Å². The van der Waals surface area contributed by atoms with E-state index in [1.165, 1.54) is 14.2 Å². The SMILES string of the molecule is COC(=O)C(O)c1c(C)cc(Cl)c(C)c1OC. The molecule has 0 aliphatic rings. The second kappa shape index (κ2) is 5.38. The van der Waals surface area contributed by atoms with Crippen molar-refractivity contribution in [2.75, 3.05) is 14.2 Å². The van der Waals surface area contributed by atoms with Crippen molar-refractivity contribution in [3.63, 3.8) is 0 Å². The number of halogens is 1. The van der Waals surface area contributed by atoms with Crippen LogP contribution >= 0.6 is 11.6 Å². The molecule has 1 atom stereocenters. The van der Waals surface area contributed by atoms with Gasteiger partial charge in [0.1, 0.15) is 5.75 Å². The number of aliphatic hydroxyl groups is 1. The summed E-state index contributed by atoms with van der Waals surface area (Å²) in [4.78, 5) is 11.4. The molecule has 0 saturated carbocycles. The van der Waals surface area contributed by atoms with Crippen LogP contribution in [0, 0.1) is 13.8 Å². The molecule has 1 aromatic carbocycles. The molecule has 0 radical (unpaired) electrons. The third-order valence-electron chi connectivity index (χ3n) is 2.61. The molecule has 1 unspecified atom stereocenters. The first kappa shape index (κ1) is 13.8. The molecule has 0 aromatic heterocycles. The molecule has 1 aromatic rings. The lowest BCUT2D eigenvalue weighted by molar-refractivity contribution is -0.150. The van der Waals surface area contributed by atoms with E-state index >= 15 is 0 Å². The van der Waals surface area contributed by atoms with Crippen LogP contribution in [0.25, 0.3) is 0 Å². The highest BCUT2D eigenvalue weighted by molar-refractivity contribution is 6.31. The maximum atomic E-state index is 11.4. The number of benzene rings is 1. The lowest BCUT2D eigenvalue weighted by Crippen LogP contribution is -2.16. The van der Waals surface area contributed by atoms with Gasteiger partial charge >= 0.3 is 5.97 Å². The Balaban J connectivity index is 3.41. The lowest BCUT2D eigenvalue weighted by Gasteiger charge is -2.18. The molecule has 0 aliphatic carbocycles. The minimum atomic E-state index is -1.37. The average Bonchev–Trinajstić information content (AvgIpc) is 2.31. The molecule has 0 spiro atoms. The zero-order chi connectivity index (χ0) is 13.2. The number of esters is 1. The van der Waals surface area contributed by atoms with Crippen molar-refractivity contribution in [2.45, 2.75) is 20.0 Å². The molecule has 5 heteroatoms. The summed E-state index contributed by atoms with van der Waals surface area (Å²) in [6.45, 7) is 3.50. The quantitative estimate of drug-likeness (QED) is 0.845. The van der Waals surface area contributed by atoms with E-state index in [-0.39, 0.29) is 0 Å². The highest BCUT2D eigenvalue weighted by Gasteiger charge is 2.26. The Labute approximate surface area is 105 Å². The largest absolute Gasteiger partial charge is 0.496 e. The van der Waals surface area contributed by atoms with Gasteiger partial charge in [-0.05, 0) is 25.5 Å². The molecule has 0 aliphatic heterocycles. The molecular formula is C12H15ClO4. The molecule has 0 heterocycles. The van der Waals surface area contributed by atoms with Crippen molar-refractivity contribution in [3.8, 4) is 5.75 Å². The Morgan fingerprint density at radius 3 is 2.47 bits per heavy atom. The summed E-state index contributed by atoms with van der Waals surface area (Å²) in [7, 11) is 2.68. The van der Waals surface area contributed by atoms with Crippen LogP contribution < -0.4 is 4.74 Å². The van der Waals surface area contributed by atoms with Gasteiger partial charge in [0.2, 0.25) is 0 Å². The fourth-order valence-electron chi connectivity index (χ4n) is 1.70. The molecule has 1 rings (SSSR count). The van der Waals surface area contributed by atoms with Gasteiger partial charge in [-0.3, -0.25) is 0 Å². The number of carbonyl (C=O) groups excluding carboxylic acids is 1. The average molecular weight is 259 g/mol. The molecule has 4 nitrogen and oxygen atoms in total. The first-order chi connectivity index (χ1) is 7.93. The minimum Gasteiger partial charge on any atom is -0.496 e. The second-order valence-corrected chi connectivity index (χ2v) is 4.08. The first-order valence-corrected chi connectivity index (χ1v) is 5.41. The van der Waals surface area contributed by atoms with Gasteiger partial charge < -0.3 is 14.6 Å². The highest BCUT2D eigenvalue weighted by Crippen LogP contribution is 2.36. The Hall–Kier alpha value is -1.26. The summed E-state index contributed by atoms with van der Waals surface area (Å²) in [6, 6.07) is 1.68. The predicted molar refractivity (Wildman–Crippen MR) is 64.5 cm³/mol. The third-order valence-corrected chi connectivity index (χ3v) is 3.01. The van der Waals surface area contributed by atoms with Crippen LogP contribution in [0.4, 0.5) is 0 Å². The Kier molecular flexibility index (Phi) is 4.37. The van der Waals surface area contributed by atoms with E-state index in [1.54, 1.807) is 19.9 Å². The number of carbonyl (C=O) groups is 1. The molecular weight excluding hydrogens is 244 g/mol. The third kappa shape index (κ3) is 2.53. The smallest absolute Gasteiger partial charge is 0.339 e. The molecule has 1 N–H and O–H groups in total. The van der Waals surface area contributed by atoms with E-state index in [4.69, 9.17) is 16.3 Å². The zero-order valence-corrected chi connectivity index (χ0v) is 11.0. The number of hydrogen-bond donors (Lipinski definition) is 1. The maximum absolute atomic E-state index is 11.4. The fraction of sp³-hybridized carbons (Fsp3) is 0.417. The summed E-state index contributed by atoms with van der Waals surface area (Å²) >= 11 is 6.01. The molecule has 0 amide bonds. The van der Waals surface area contributed by atoms with Crippen molar-refractivity contribution in [1.29, 1.82) is 0 Å². The van der Waals surface area contributed by atoms with Gasteiger partial charge in [-0.2, -0.15) is 0 Å². The number of hydrogen-bond acceptors (Lipinski definition) is 4. The van der Waals surface area contributed by atoms with Crippen molar-refractivity contribution in [2.24, 2.45) is 0 Å². The van der Waals surface area contributed by atoms with Crippen molar-refractivity contribution < 1.29 is 19.4 Å². The van der Waals surface area contributed by atoms with E-state index in [9.17, 15) is 9.90 Å². The number of aryl methyl sites for hydroxylation is 1. The van der Waals surface area contributed by atoms with Crippen LogP contribution in [0.5, 0.6) is 5.75 Å². The van der Waals surface area contributed by atoms with Gasteiger partial charge in [0.05, 0.1) is 14.2 Å². The molecule has 0 fully saturated rings. The maximum Gasteiger partial charge on any atom is 0.339 e. The highest BCUT2D eigenvalue weighted by atomic mass is 35.5. The zero-order valence-electron chi connectivity index (χ0n) is 10.2. The van der Waals surface area contributed by atoms with Crippen molar-refractivity contribution in [3.05, 3.63) is 27.8 Å². The summed E-state index contributed by atoms with van der Waals surface area (Å²) < 4.78 is 9.71. The van der Waals surface area contributed by atoms with Crippen LogP contribution in [0.2, 0.25) is 5.02 Å². The number of aliphatic hydroxyl groups excluding tert-OH is 1. The number of ether oxygens (including phenoxy) is 2. The van der Waals surface area contributed by atoms with Gasteiger partial charge in [-0.25, -0.2) is 4.79 Å². The lowest BCUT2D eigenvalue weighted by atomic mass is 9.99. The Morgan fingerprint density at radius 1 is 1.41 bits per heavy atom. The topological polar surface area (TPSA) is 55.8 Å². The van der Waals surface area contributed by atoms with Crippen LogP contribution in [-0.4, -0.2) is 25.3 Å². The summed E-state index contributed by atoms with van der Waals surface area (Å²) in [6.07, 6.45) is -1.37. The predicted octanol–water partition coefficient (Wildman–Crippen LogP) is 2.17. The monoisotopic (exact) mass is 258 g/mol. The van der Waals surface area contributed by atoms with E-state index < -0.39 is 12.1 Å². The van der Waals surface area contributed by atoms with Crippen molar-refractivity contribution in [1.82, 2.24) is 0 Å². The summed E-state index contributed by atoms with van der Waals surface area (Å²) in [5, 5.41) is 10.4. The number of methoxy groups -OCH3 is 2. The van der Waals surface area contributed by atoms with E-state index in [0.717, 1.165) is 0 Å². The van der Waals surface area contributed by atoms with E-state index in [0.29, 0.717) is 27.5 Å². The van der Waals surface area contributed by atoms with Crippen LogP contribution in [-0.2, 0) is 9.53 Å². The Bertz CT molecular complexity index is 443. The normalized spacial score (nSPS) is 12.1. The molecule has 17 heavy (non-hydrogen) atoms. The first-order valence-electron chi connectivity index (χ1n) is 5.03. The minimum absolute atomic E-state index is 0.390. The summed E-state index contributed by atoms with van der Waals surface area (Å²) in [5.41, 5.74) is 1.74. The molecule has 0 bridgehead atoms. The second-order valence-electron chi connectivity index (χ2n) is 3.67. The standard InChI is InChI=1S/C12H15ClO4/c1-6-5-8(13)7(2)11(16-3)9(6)10(14)12(15)17-4/h5,10,14H,1-4H3. The molecule has 0 saturated heterocycles. The van der Waals surface area contributed by atoms with Gasteiger partial charge in [0.25, 0.3) is 0 Å². The summed E-state index contributed by atoms with van der Waals surface area (Å²) in [5.74, 6) is -0.318. The van der Waals surface area contributed by atoms with Crippen molar-refractivity contribution >= 4 is 17.6 Å². The van der Waals surface area contributed by atoms with Crippen LogP contribution in [0.15, 0.2) is 6.07 Å². The van der Waals surface area contributed by atoms with Gasteiger partial charge in [-0.15, -0.1) is 0 Å². The van der Waals surface area contributed by atoms with E-state index in [1.807, 2.05) is 0 Å². The van der Waals surface area contributed by atoms with Gasteiger partial charge in [-0.1, -0.05) is 11.6 Å². The van der Waals surface area contributed by atoms with Crippen LogP contribution in [0.3, 0.4) is 0 Å². The Morgan fingerprint density at radius 2 is 2.00 bits per heavy atom. The van der Waals surface area contributed by atoms with Gasteiger partial charge in [0.15, 0.2) is 6.10 Å². The fourth-order valence-corrected chi connectivity index (χ4v) is 1.95. The van der Waals surface area contributed by atoms with E-state index in [2.05, 4.69) is 4.74 Å².